The second-order valence-corrected chi connectivity index (χ2v) is 32.1. The number of phosphoric acid groups is 2. The average Bonchev–Trinajstić information content (AvgIpc) is 0.913. The van der Waals surface area contributed by atoms with Crippen LogP contribution in [0.1, 0.15) is 375 Å². The minimum Gasteiger partial charge on any atom is -0.756 e. The molecule has 0 spiro atoms. The molecule has 0 aromatic heterocycles. The summed E-state index contributed by atoms with van der Waals surface area (Å²) in [5.74, 6) is -2.28. The van der Waals surface area contributed by atoms with E-state index < -0.39 is 97.1 Å². The van der Waals surface area contributed by atoms with Gasteiger partial charge in [-0.3, -0.25) is 37.9 Å². The molecule has 0 aromatic carbocycles. The number of carbonyl (C=O) groups excluding carboxylic acids is 7. The van der Waals surface area contributed by atoms with Crippen LogP contribution in [0, 0.1) is 0 Å². The molecule has 4 N–H and O–H groups in total. The number of carbonyl (C=O) groups is 7. The number of esters is 2. The van der Waals surface area contributed by atoms with Crippen LogP contribution >= 0.6 is 15.6 Å². The van der Waals surface area contributed by atoms with Gasteiger partial charge >= 0.3 is 18.0 Å². The molecule has 0 radical (unpaired) electrons. The number of ketones is 2. The predicted octanol–water partition coefficient (Wildman–Crippen LogP) is 18.8. The van der Waals surface area contributed by atoms with Gasteiger partial charge in [-0.05, 0) is 89.9 Å². The number of allylic oxidation sites excluding steroid dienone is 4. The van der Waals surface area contributed by atoms with Gasteiger partial charge in [0, 0.05) is 51.6 Å². The summed E-state index contributed by atoms with van der Waals surface area (Å²) in [7, 11) is -10.1. The molecule has 25 heteroatoms. The van der Waals surface area contributed by atoms with Crippen molar-refractivity contribution in [1.29, 1.82) is 0 Å². The fraction of sp³-hybridized carbons (Fsp3) is 0.867. The van der Waals surface area contributed by atoms with E-state index in [1.165, 1.54) is 89.9 Å². The molecule has 0 aliphatic carbocycles. The number of nitrogens with one attached hydrogen (secondary N) is 4. The quantitative estimate of drug-likeness (QED) is 0.0144. The highest BCUT2D eigenvalue weighted by Gasteiger charge is 2.24. The number of urea groups is 1. The Hall–Kier alpha value is -3.89. The van der Waals surface area contributed by atoms with Gasteiger partial charge in [-0.15, -0.1) is 0 Å². The van der Waals surface area contributed by atoms with Crippen molar-refractivity contribution in [2.24, 2.45) is 0 Å². The number of amides is 4. The molecule has 0 bridgehead atoms. The number of unbranched alkanes of at least 4 members (excludes halogenated alkanes) is 34. The summed E-state index contributed by atoms with van der Waals surface area (Å²) in [5, 5.41) is 10.2. The molecule has 0 saturated carbocycles. The molecule has 6 unspecified atom stereocenters. The van der Waals surface area contributed by atoms with Crippen molar-refractivity contribution in [2.75, 3.05) is 65.9 Å². The lowest BCUT2D eigenvalue weighted by atomic mass is 10.0. The molecule has 0 rings (SSSR count). The summed E-state index contributed by atoms with van der Waals surface area (Å²) in [5.41, 5.74) is 0. The maximum Gasteiger partial charge on any atom is 0.314 e. The smallest absolute Gasteiger partial charge is 0.314 e. The van der Waals surface area contributed by atoms with E-state index >= 15 is 0 Å². The zero-order chi connectivity index (χ0) is 79.5. The number of ether oxygens (including phenoxy) is 4. The van der Waals surface area contributed by atoms with E-state index in [1.54, 1.807) is 0 Å². The Kier molecular flexibility index (Phi) is 73.0. The van der Waals surface area contributed by atoms with E-state index in [9.17, 15) is 52.5 Å². The summed E-state index contributed by atoms with van der Waals surface area (Å²) >= 11 is 0. The number of hydrogen-bond donors (Lipinski definition) is 4. The lowest BCUT2D eigenvalue weighted by Crippen LogP contribution is -2.42. The van der Waals surface area contributed by atoms with Crippen LogP contribution < -0.4 is 31.1 Å². The van der Waals surface area contributed by atoms with Gasteiger partial charge in [0.15, 0.2) is 0 Å². The van der Waals surface area contributed by atoms with E-state index in [0.717, 1.165) is 154 Å². The molecule has 0 aromatic rings. The highest BCUT2D eigenvalue weighted by Crippen LogP contribution is 2.39. The molecule has 0 aliphatic rings. The molecule has 4 amide bonds. The Bertz CT molecular complexity index is 2210. The molecule has 0 fully saturated rings. The fourth-order valence-electron chi connectivity index (χ4n) is 12.2. The van der Waals surface area contributed by atoms with Gasteiger partial charge in [-0.2, -0.15) is 0 Å². The first-order valence-corrected chi connectivity index (χ1v) is 45.9. The second-order valence-electron chi connectivity index (χ2n) is 29.2. The lowest BCUT2D eigenvalue weighted by Gasteiger charge is -2.26. The number of phosphoric ester groups is 2. The van der Waals surface area contributed by atoms with Crippen LogP contribution in [0.3, 0.4) is 0 Å². The van der Waals surface area contributed by atoms with Crippen LogP contribution in [-0.4, -0.2) is 132 Å². The minimum atomic E-state index is -5.06. The molecular weight excluding hydrogens is 1420 g/mol. The summed E-state index contributed by atoms with van der Waals surface area (Å²) in [6.07, 6.45) is 54.4. The molecule has 0 saturated heterocycles. The van der Waals surface area contributed by atoms with Gasteiger partial charge < -0.3 is 68.1 Å². The van der Waals surface area contributed by atoms with Crippen molar-refractivity contribution >= 4 is 57.0 Å². The molecule has 0 heterocycles. The van der Waals surface area contributed by atoms with Crippen LogP contribution in [0.15, 0.2) is 24.3 Å². The maximum absolute atomic E-state index is 13.3. The van der Waals surface area contributed by atoms with E-state index in [1.807, 2.05) is 0 Å². The van der Waals surface area contributed by atoms with E-state index in [2.05, 4.69) is 87.1 Å². The topological polar surface area (TPSA) is 322 Å². The van der Waals surface area contributed by atoms with Crippen molar-refractivity contribution in [3.8, 4) is 0 Å². The maximum atomic E-state index is 13.3. The molecule has 6 atom stereocenters. The van der Waals surface area contributed by atoms with Gasteiger partial charge in [0.25, 0.3) is 15.6 Å². The zero-order valence-corrected chi connectivity index (χ0v) is 70.4. The third kappa shape index (κ3) is 72.4. The van der Waals surface area contributed by atoms with Gasteiger partial charge in [0.1, 0.15) is 23.8 Å². The summed E-state index contributed by atoms with van der Waals surface area (Å²) < 4.78 is 70.4. The highest BCUT2D eigenvalue weighted by atomic mass is 31.2. The molecule has 632 valence electrons. The first-order chi connectivity index (χ1) is 52.3. The number of Topliss-reactive ketones (excluding diaryl/α,β-unsaturated/α-hetero) is 2. The lowest BCUT2D eigenvalue weighted by molar-refractivity contribution is -0.227. The Morgan fingerprint density at radius 3 is 0.963 bits per heavy atom. The standard InChI is InChI=1S/C83H156N4O19P2/c1-7-13-19-25-29-33-37-43-47-53-75(88)67-79(90)86-73(69-99-63-59-77(55-49-41-23-17-11-5)105-81(92)57-51-45-39-35-31-27-21-15-9-3)71-103-107(95,96)101-65-61-84-83(94)85-62-66-102-108(97,98)104-72-74(87-80(91)68-76(89)54-48-44-38-34-30-26-20-14-8-2)70-100-64-60-78(56-50-42-24-18-12-6)106-82(93)58-52-46-40-36-32-28-22-16-10-4/h35-36,39-40,73-74,77-78H,7-34,37-38,41-72H2,1-6H3,(H,86,90)(H,87,91)(H,95,96)(H,97,98)(H2,84,85,94)/p-2/b39-35-,40-36-. The van der Waals surface area contributed by atoms with Crippen LogP contribution in [0.2, 0.25) is 0 Å². The third-order valence-electron chi connectivity index (χ3n) is 18.7. The normalized spacial score (nSPS) is 13.9. The Balaban J connectivity index is 5.71. The second kappa shape index (κ2) is 75.8. The predicted molar refractivity (Wildman–Crippen MR) is 428 cm³/mol. The number of rotatable bonds is 82. The Morgan fingerprint density at radius 2 is 0.630 bits per heavy atom. The average molecular weight is 1570 g/mol. The first kappa shape index (κ1) is 104. The van der Waals surface area contributed by atoms with Crippen molar-refractivity contribution in [1.82, 2.24) is 21.3 Å². The van der Waals surface area contributed by atoms with Crippen LogP contribution in [0.25, 0.3) is 0 Å². The van der Waals surface area contributed by atoms with E-state index in [-0.39, 0.29) is 75.9 Å². The first-order valence-electron chi connectivity index (χ1n) is 43.0. The van der Waals surface area contributed by atoms with Gasteiger partial charge in [-0.1, -0.05) is 258 Å². The minimum absolute atomic E-state index is 0.122. The van der Waals surface area contributed by atoms with Gasteiger partial charge in [-0.25, -0.2) is 4.79 Å². The Labute approximate surface area is 654 Å². The molecular formula is C83H154N4O19P2-2. The van der Waals surface area contributed by atoms with Crippen LogP contribution in [0.5, 0.6) is 0 Å². The monoisotopic (exact) mass is 1570 g/mol. The summed E-state index contributed by atoms with van der Waals surface area (Å²) in [4.78, 5) is 117. The van der Waals surface area contributed by atoms with Crippen LogP contribution in [0.4, 0.5) is 4.79 Å². The fourth-order valence-corrected chi connectivity index (χ4v) is 13.7. The zero-order valence-electron chi connectivity index (χ0n) is 68.6. The van der Waals surface area contributed by atoms with Crippen molar-refractivity contribution < 1.29 is 89.5 Å². The SMILES string of the molecule is CCCCCC/C=C\CCCC(=O)OC(CCCCCCC)CCOCC(COP(=O)([O-])OCCNC(=O)NCCOP(=O)([O-])OCC(COCCC(CCCCCCC)OC(=O)CCC/C=C\CCCCCC)NC(=O)CC(=O)CCCCCCCCCCC)NC(=O)CC(=O)CCCCCCCCCCC. The summed E-state index contributed by atoms with van der Waals surface area (Å²) in [6, 6.07) is -2.88. The summed E-state index contributed by atoms with van der Waals surface area (Å²) in [6.45, 7) is 9.87. The third-order valence-corrected chi connectivity index (χ3v) is 20.6. The largest absolute Gasteiger partial charge is 0.756 e. The van der Waals surface area contributed by atoms with E-state index in [0.29, 0.717) is 64.2 Å². The van der Waals surface area contributed by atoms with Crippen molar-refractivity contribution in [2.45, 2.75) is 400 Å². The van der Waals surface area contributed by atoms with Crippen molar-refractivity contribution in [3.05, 3.63) is 24.3 Å². The van der Waals surface area contributed by atoms with Gasteiger partial charge in [0.2, 0.25) is 11.8 Å². The molecule has 108 heavy (non-hydrogen) atoms. The number of hydrogen-bond acceptors (Lipinski definition) is 19. The van der Waals surface area contributed by atoms with Crippen molar-refractivity contribution in [3.63, 3.8) is 0 Å². The molecule has 23 nitrogen and oxygen atoms in total. The Morgan fingerprint density at radius 1 is 0.333 bits per heavy atom. The molecule has 0 aliphatic heterocycles. The van der Waals surface area contributed by atoms with E-state index in [4.69, 9.17) is 37.0 Å². The van der Waals surface area contributed by atoms with Crippen LogP contribution in [-0.2, 0) is 74.9 Å². The highest BCUT2D eigenvalue weighted by molar-refractivity contribution is 7.46. The van der Waals surface area contributed by atoms with Gasteiger partial charge in [0.05, 0.1) is 77.8 Å².